The Morgan fingerprint density at radius 2 is 1.07 bits per heavy atom. The Morgan fingerprint density at radius 3 is 1.60 bits per heavy atom. The van der Waals surface area contributed by atoms with Crippen molar-refractivity contribution >= 4 is 31.7 Å². The minimum atomic E-state index is -3.54. The molecule has 4 amide bonds. The Labute approximate surface area is 330 Å². The molecule has 0 radical (unpaired) electrons. The number of hydrogen-bond acceptors (Lipinski definition) is 9. The Bertz CT molecular complexity index is 2550. The fourth-order valence-electron chi connectivity index (χ4n) is 6.46. The van der Waals surface area contributed by atoms with E-state index in [9.17, 15) is 26.4 Å². The number of carbonyl (C=O) groups excluding carboxylic acids is 2. The fraction of sp³-hybridized carbons (Fsp3) is 0.195. The smallest absolute Gasteiger partial charge is 0.317 e. The lowest BCUT2D eigenvalue weighted by atomic mass is 10.1. The van der Waals surface area contributed by atoms with E-state index >= 15 is 0 Å². The third kappa shape index (κ3) is 9.19. The first-order chi connectivity index (χ1) is 27.6. The maximum Gasteiger partial charge on any atom is 0.317 e. The number of aromatic nitrogens is 4. The highest BCUT2D eigenvalue weighted by molar-refractivity contribution is 7.91. The standard InChI is InChI=1S/C21H20N4O3S.C20H20N4O3S/c26-21(25-11-10-20-17(14-25)13-22-15-24-20)23-12-16-6-8-19(9-7-16)29(27,28)18-4-2-1-3-5-18;25-20(24-11-10-19-16(14-24)13-22-23-19)21-12-15-6-8-18(9-7-15)28(26,27)17-4-2-1-3-5-17/h1-9,13,15H,10-12,14H2,(H,23,26);1-9,13H,10-12,14H2,(H,21,25)(H,22,23). The summed E-state index contributed by atoms with van der Waals surface area (Å²) in [5.74, 6) is 0. The van der Waals surface area contributed by atoms with Crippen LogP contribution in [0.15, 0.2) is 147 Å². The number of benzene rings is 4. The number of fused-ring (bicyclic) bond motifs is 2. The summed E-state index contributed by atoms with van der Waals surface area (Å²) in [6.45, 7) is 2.90. The predicted molar refractivity (Wildman–Crippen MR) is 210 cm³/mol. The first kappa shape index (κ1) is 38.9. The number of rotatable bonds is 8. The summed E-state index contributed by atoms with van der Waals surface area (Å²) in [6.07, 6.45) is 6.48. The average molecular weight is 805 g/mol. The summed E-state index contributed by atoms with van der Waals surface area (Å²) in [4.78, 5) is 37.6. The maximum atomic E-state index is 12.6. The van der Waals surface area contributed by atoms with Gasteiger partial charge in [-0.2, -0.15) is 5.10 Å². The van der Waals surface area contributed by atoms with Gasteiger partial charge in [-0.1, -0.05) is 60.7 Å². The lowest BCUT2D eigenvalue weighted by Gasteiger charge is -2.28. The summed E-state index contributed by atoms with van der Waals surface area (Å²) in [6, 6.07) is 29.5. The van der Waals surface area contributed by atoms with Gasteiger partial charge in [-0.25, -0.2) is 36.4 Å². The first-order valence-corrected chi connectivity index (χ1v) is 21.2. The second kappa shape index (κ2) is 17.2. The Morgan fingerprint density at radius 1 is 0.596 bits per heavy atom. The number of urea groups is 2. The third-order valence-corrected chi connectivity index (χ3v) is 13.3. The highest BCUT2D eigenvalue weighted by atomic mass is 32.2. The Kier molecular flexibility index (Phi) is 11.7. The van der Waals surface area contributed by atoms with Gasteiger partial charge in [0.25, 0.3) is 0 Å². The van der Waals surface area contributed by atoms with Gasteiger partial charge < -0.3 is 20.4 Å². The van der Waals surface area contributed by atoms with Crippen molar-refractivity contribution < 1.29 is 26.4 Å². The molecule has 8 rings (SSSR count). The highest BCUT2D eigenvalue weighted by Gasteiger charge is 2.23. The SMILES string of the molecule is O=C(NCc1ccc(S(=O)(=O)c2ccccc2)cc1)N1CCc2[nH]ncc2C1.O=C(NCc1ccc(S(=O)(=O)c2ccccc2)cc1)N1CCc2ncncc2C1. The van der Waals surface area contributed by atoms with E-state index in [1.54, 1.807) is 131 Å². The van der Waals surface area contributed by atoms with Crippen LogP contribution in [0.3, 0.4) is 0 Å². The Balaban J connectivity index is 0.000000174. The van der Waals surface area contributed by atoms with E-state index in [0.29, 0.717) is 45.7 Å². The normalized spacial score (nSPS) is 13.7. The van der Waals surface area contributed by atoms with Crippen molar-refractivity contribution in [2.45, 2.75) is 58.6 Å². The molecule has 0 atom stereocenters. The lowest BCUT2D eigenvalue weighted by Crippen LogP contribution is -2.42. The van der Waals surface area contributed by atoms with Crippen molar-refractivity contribution in [3.8, 4) is 0 Å². The van der Waals surface area contributed by atoms with Crippen LogP contribution in [-0.4, -0.2) is 72.0 Å². The summed E-state index contributed by atoms with van der Waals surface area (Å²) < 4.78 is 50.5. The molecule has 0 fully saturated rings. The Hall–Kier alpha value is -6.39. The number of nitrogens with zero attached hydrogens (tertiary/aromatic N) is 5. The molecular formula is C41H40N8O6S2. The zero-order valence-corrected chi connectivity index (χ0v) is 32.4. The summed E-state index contributed by atoms with van der Waals surface area (Å²) in [5, 5.41) is 12.7. The van der Waals surface area contributed by atoms with Crippen molar-refractivity contribution in [2.24, 2.45) is 0 Å². The number of H-pyrrole nitrogens is 1. The van der Waals surface area contributed by atoms with Gasteiger partial charge in [0.15, 0.2) is 0 Å². The summed E-state index contributed by atoms with van der Waals surface area (Å²) >= 11 is 0. The summed E-state index contributed by atoms with van der Waals surface area (Å²) in [7, 11) is -7.07. The largest absolute Gasteiger partial charge is 0.334 e. The van der Waals surface area contributed by atoms with Crippen molar-refractivity contribution in [3.05, 3.63) is 162 Å². The fourth-order valence-corrected chi connectivity index (χ4v) is 9.02. The monoisotopic (exact) mass is 804 g/mol. The van der Waals surface area contributed by atoms with E-state index in [2.05, 4.69) is 30.8 Å². The van der Waals surface area contributed by atoms with Gasteiger partial charge in [0.05, 0.1) is 44.6 Å². The predicted octanol–water partition coefficient (Wildman–Crippen LogP) is 5.09. The van der Waals surface area contributed by atoms with E-state index in [0.717, 1.165) is 40.1 Å². The van der Waals surface area contributed by atoms with E-state index in [1.807, 2.05) is 0 Å². The molecule has 4 aromatic carbocycles. The van der Waals surface area contributed by atoms with Crippen LogP contribution in [0.4, 0.5) is 9.59 Å². The highest BCUT2D eigenvalue weighted by Crippen LogP contribution is 2.23. The zero-order chi connectivity index (χ0) is 39.8. The molecule has 2 aromatic heterocycles. The van der Waals surface area contributed by atoms with Crippen LogP contribution in [-0.2, 0) is 58.7 Å². The van der Waals surface area contributed by atoms with Crippen LogP contribution in [0.25, 0.3) is 0 Å². The topological polar surface area (TPSA) is 187 Å². The minimum absolute atomic E-state index is 0.146. The number of amides is 4. The van der Waals surface area contributed by atoms with E-state index in [-0.39, 0.29) is 31.6 Å². The van der Waals surface area contributed by atoms with Crippen molar-refractivity contribution in [1.82, 2.24) is 40.6 Å². The quantitative estimate of drug-likeness (QED) is 0.189. The molecule has 4 heterocycles. The van der Waals surface area contributed by atoms with Crippen molar-refractivity contribution in [3.63, 3.8) is 0 Å². The molecule has 6 aromatic rings. The average Bonchev–Trinajstić information content (AvgIpc) is 3.74. The first-order valence-electron chi connectivity index (χ1n) is 18.2. The van der Waals surface area contributed by atoms with Crippen LogP contribution < -0.4 is 10.6 Å². The molecule has 0 bridgehead atoms. The van der Waals surface area contributed by atoms with E-state index < -0.39 is 19.7 Å². The number of nitrogens with one attached hydrogen (secondary N) is 3. The zero-order valence-electron chi connectivity index (χ0n) is 30.8. The van der Waals surface area contributed by atoms with Gasteiger partial charge in [0, 0.05) is 62.0 Å². The molecule has 0 saturated carbocycles. The molecule has 14 nitrogen and oxygen atoms in total. The van der Waals surface area contributed by atoms with Gasteiger partial charge in [0.2, 0.25) is 19.7 Å². The van der Waals surface area contributed by atoms with Crippen LogP contribution in [0.1, 0.15) is 33.6 Å². The van der Waals surface area contributed by atoms with Gasteiger partial charge in [0.1, 0.15) is 6.33 Å². The van der Waals surface area contributed by atoms with Crippen molar-refractivity contribution in [1.29, 1.82) is 0 Å². The van der Waals surface area contributed by atoms with E-state index in [1.165, 1.54) is 6.33 Å². The molecular weight excluding hydrogens is 765 g/mol. The van der Waals surface area contributed by atoms with Crippen LogP contribution in [0, 0.1) is 0 Å². The molecule has 2 aliphatic rings. The van der Waals surface area contributed by atoms with Crippen LogP contribution in [0.5, 0.6) is 0 Å². The van der Waals surface area contributed by atoms with Gasteiger partial charge in [-0.15, -0.1) is 0 Å². The molecule has 292 valence electrons. The van der Waals surface area contributed by atoms with Gasteiger partial charge in [-0.3, -0.25) is 5.10 Å². The number of hydrogen-bond donors (Lipinski definition) is 3. The molecule has 2 aliphatic heterocycles. The van der Waals surface area contributed by atoms with Crippen molar-refractivity contribution in [2.75, 3.05) is 13.1 Å². The summed E-state index contributed by atoms with van der Waals surface area (Å²) in [5.41, 5.74) is 5.73. The minimum Gasteiger partial charge on any atom is -0.334 e. The van der Waals surface area contributed by atoms with E-state index in [4.69, 9.17) is 0 Å². The van der Waals surface area contributed by atoms with Crippen LogP contribution in [0.2, 0.25) is 0 Å². The molecule has 0 spiro atoms. The number of carbonyl (C=O) groups is 2. The molecule has 0 unspecified atom stereocenters. The second-order valence-electron chi connectivity index (χ2n) is 13.4. The lowest BCUT2D eigenvalue weighted by molar-refractivity contribution is 0.191. The molecule has 16 heteroatoms. The molecule has 57 heavy (non-hydrogen) atoms. The van der Waals surface area contributed by atoms with Crippen LogP contribution >= 0.6 is 0 Å². The molecule has 0 saturated heterocycles. The maximum absolute atomic E-state index is 12.6. The van der Waals surface area contributed by atoms with Gasteiger partial charge >= 0.3 is 12.1 Å². The number of sulfone groups is 2. The molecule has 3 N–H and O–H groups in total. The second-order valence-corrected chi connectivity index (χ2v) is 17.3. The molecule has 0 aliphatic carbocycles. The van der Waals surface area contributed by atoms with Gasteiger partial charge in [-0.05, 0) is 59.7 Å². The number of aromatic amines is 1. The third-order valence-electron chi connectivity index (χ3n) is 9.70.